The van der Waals surface area contributed by atoms with Crippen LogP contribution in [0.2, 0.25) is 0 Å². The van der Waals surface area contributed by atoms with Gasteiger partial charge in [-0.2, -0.15) is 0 Å². The average Bonchev–Trinajstić information content (AvgIpc) is 2.97. The molecule has 0 aliphatic carbocycles. The number of aliphatic hydroxyl groups is 1. The summed E-state index contributed by atoms with van der Waals surface area (Å²) in [6.45, 7) is 5.75. The Bertz CT molecular complexity index is 398. The van der Waals surface area contributed by atoms with Crippen LogP contribution in [0.4, 0.5) is 0 Å². The second kappa shape index (κ2) is 4.92. The molecule has 1 aromatic rings. The summed E-state index contributed by atoms with van der Waals surface area (Å²) in [7, 11) is 0. The van der Waals surface area contributed by atoms with E-state index in [4.69, 9.17) is 5.11 Å². The Kier molecular flexibility index (Phi) is 3.52. The van der Waals surface area contributed by atoms with Gasteiger partial charge in [-0.3, -0.25) is 4.79 Å². The van der Waals surface area contributed by atoms with Crippen LogP contribution in [0.15, 0.2) is 18.3 Å². The first kappa shape index (κ1) is 12.2. The fourth-order valence-corrected chi connectivity index (χ4v) is 2.35. The highest BCUT2D eigenvalue weighted by molar-refractivity contribution is 5.93. The molecule has 1 N–H and O–H groups in total. The summed E-state index contributed by atoms with van der Waals surface area (Å²) in [5, 5.41) is 9.10. The van der Waals surface area contributed by atoms with Gasteiger partial charge < -0.3 is 14.6 Å². The third-order valence-electron chi connectivity index (χ3n) is 3.39. The van der Waals surface area contributed by atoms with Crippen molar-refractivity contribution < 1.29 is 9.90 Å². The second-order valence-electron chi connectivity index (χ2n) is 4.98. The van der Waals surface area contributed by atoms with E-state index < -0.39 is 0 Å². The minimum atomic E-state index is 0.0830. The summed E-state index contributed by atoms with van der Waals surface area (Å²) in [5.74, 6) is 0.334. The van der Waals surface area contributed by atoms with E-state index in [1.807, 2.05) is 27.8 Å². The monoisotopic (exact) mass is 236 g/mol. The van der Waals surface area contributed by atoms with Gasteiger partial charge in [0, 0.05) is 37.9 Å². The molecule has 1 fully saturated rings. The first-order chi connectivity index (χ1) is 8.13. The number of hydrogen-bond donors (Lipinski definition) is 1. The molecule has 0 saturated carbocycles. The van der Waals surface area contributed by atoms with Crippen LogP contribution in [-0.2, 0) is 0 Å². The molecule has 4 heteroatoms. The van der Waals surface area contributed by atoms with Crippen molar-refractivity contribution in [1.82, 2.24) is 9.47 Å². The number of amides is 1. The molecular formula is C13H20N2O2. The Labute approximate surface area is 102 Å². The minimum Gasteiger partial charge on any atom is -0.396 e. The lowest BCUT2D eigenvalue weighted by molar-refractivity contribution is 0.0769. The molecule has 94 valence electrons. The van der Waals surface area contributed by atoms with Gasteiger partial charge >= 0.3 is 0 Å². The third kappa shape index (κ3) is 2.36. The van der Waals surface area contributed by atoms with E-state index in [1.165, 1.54) is 0 Å². The molecule has 0 spiro atoms. The number of carbonyl (C=O) groups excluding carboxylic acids is 1. The van der Waals surface area contributed by atoms with Crippen molar-refractivity contribution in [2.45, 2.75) is 26.3 Å². The lowest BCUT2D eigenvalue weighted by Crippen LogP contribution is -2.31. The predicted octanol–water partition coefficient (Wildman–Crippen LogP) is 1.52. The van der Waals surface area contributed by atoms with Crippen LogP contribution in [0.3, 0.4) is 0 Å². The maximum atomic E-state index is 12.3. The third-order valence-corrected chi connectivity index (χ3v) is 3.39. The van der Waals surface area contributed by atoms with Crippen molar-refractivity contribution in [3.63, 3.8) is 0 Å². The molecule has 1 aromatic heterocycles. The Hall–Kier alpha value is -1.29. The van der Waals surface area contributed by atoms with Gasteiger partial charge in [0.05, 0.1) is 0 Å². The molecule has 1 amide bonds. The van der Waals surface area contributed by atoms with Gasteiger partial charge in [0.25, 0.3) is 5.91 Å². The van der Waals surface area contributed by atoms with Crippen LogP contribution >= 0.6 is 0 Å². The summed E-state index contributed by atoms with van der Waals surface area (Å²) < 4.78 is 1.99. The van der Waals surface area contributed by atoms with E-state index in [0.29, 0.717) is 12.6 Å². The topological polar surface area (TPSA) is 45.5 Å². The summed E-state index contributed by atoms with van der Waals surface area (Å²) in [6, 6.07) is 4.07. The number of nitrogens with zero attached hydrogens (tertiary/aromatic N) is 2. The Morgan fingerprint density at radius 2 is 2.35 bits per heavy atom. The Morgan fingerprint density at radius 3 is 2.94 bits per heavy atom. The van der Waals surface area contributed by atoms with Gasteiger partial charge in [-0.25, -0.2) is 0 Å². The zero-order chi connectivity index (χ0) is 12.4. The highest BCUT2D eigenvalue weighted by Crippen LogP contribution is 2.20. The van der Waals surface area contributed by atoms with Crippen LogP contribution in [0.5, 0.6) is 0 Å². The number of aliphatic hydroxyl groups excluding tert-OH is 1. The Morgan fingerprint density at radius 1 is 1.59 bits per heavy atom. The quantitative estimate of drug-likeness (QED) is 0.865. The minimum absolute atomic E-state index is 0.0830. The zero-order valence-corrected chi connectivity index (χ0v) is 10.5. The van der Waals surface area contributed by atoms with E-state index in [9.17, 15) is 4.79 Å². The first-order valence-electron chi connectivity index (χ1n) is 6.20. The largest absolute Gasteiger partial charge is 0.396 e. The van der Waals surface area contributed by atoms with Gasteiger partial charge in [0.2, 0.25) is 0 Å². The zero-order valence-electron chi connectivity index (χ0n) is 10.5. The fraction of sp³-hybridized carbons (Fsp3) is 0.615. The number of aromatic nitrogens is 1. The summed E-state index contributed by atoms with van der Waals surface area (Å²) >= 11 is 0. The van der Waals surface area contributed by atoms with Gasteiger partial charge in [-0.1, -0.05) is 0 Å². The normalized spacial score (nSPS) is 20.2. The lowest BCUT2D eigenvalue weighted by Gasteiger charge is -2.19. The molecule has 17 heavy (non-hydrogen) atoms. The molecule has 1 unspecified atom stereocenters. The van der Waals surface area contributed by atoms with Gasteiger partial charge in [-0.05, 0) is 32.4 Å². The van der Waals surface area contributed by atoms with Crippen molar-refractivity contribution in [2.24, 2.45) is 5.92 Å². The van der Waals surface area contributed by atoms with Gasteiger partial charge in [-0.15, -0.1) is 0 Å². The molecule has 1 saturated heterocycles. The summed E-state index contributed by atoms with van der Waals surface area (Å²) in [4.78, 5) is 14.2. The average molecular weight is 236 g/mol. The Balaban J connectivity index is 2.12. The SMILES string of the molecule is CC(C)n1cccc1C(=O)N1CCC(CO)C1. The van der Waals surface area contributed by atoms with Crippen LogP contribution in [0.1, 0.15) is 36.8 Å². The van der Waals surface area contributed by atoms with Crippen molar-refractivity contribution in [2.75, 3.05) is 19.7 Å². The van der Waals surface area contributed by atoms with Crippen LogP contribution in [0.25, 0.3) is 0 Å². The van der Waals surface area contributed by atoms with Crippen LogP contribution < -0.4 is 0 Å². The highest BCUT2D eigenvalue weighted by Gasteiger charge is 2.27. The van der Waals surface area contributed by atoms with E-state index in [1.54, 1.807) is 0 Å². The number of hydrogen-bond acceptors (Lipinski definition) is 2. The second-order valence-corrected chi connectivity index (χ2v) is 4.98. The number of rotatable bonds is 3. The van der Waals surface area contributed by atoms with Gasteiger partial charge in [0.1, 0.15) is 5.69 Å². The van der Waals surface area contributed by atoms with Crippen LogP contribution in [-0.4, -0.2) is 40.2 Å². The number of likely N-dealkylation sites (tertiary alicyclic amines) is 1. The van der Waals surface area contributed by atoms with Gasteiger partial charge in [0.15, 0.2) is 0 Å². The van der Waals surface area contributed by atoms with Crippen molar-refractivity contribution in [1.29, 1.82) is 0 Å². The smallest absolute Gasteiger partial charge is 0.270 e. The first-order valence-corrected chi connectivity index (χ1v) is 6.20. The molecule has 0 bridgehead atoms. The molecule has 0 radical (unpaired) electrons. The highest BCUT2D eigenvalue weighted by atomic mass is 16.3. The maximum Gasteiger partial charge on any atom is 0.270 e. The number of carbonyl (C=O) groups is 1. The summed E-state index contributed by atoms with van der Waals surface area (Å²) in [6.07, 6.45) is 2.85. The van der Waals surface area contributed by atoms with E-state index >= 15 is 0 Å². The molecule has 2 rings (SSSR count). The molecule has 4 nitrogen and oxygen atoms in total. The molecule has 0 aromatic carbocycles. The van der Waals surface area contributed by atoms with Crippen molar-refractivity contribution >= 4 is 5.91 Å². The summed E-state index contributed by atoms with van der Waals surface area (Å²) in [5.41, 5.74) is 0.749. The predicted molar refractivity (Wildman–Crippen MR) is 65.9 cm³/mol. The fourth-order valence-electron chi connectivity index (χ4n) is 2.35. The lowest BCUT2D eigenvalue weighted by atomic mass is 10.1. The van der Waals surface area contributed by atoms with Crippen LogP contribution in [0, 0.1) is 5.92 Å². The van der Waals surface area contributed by atoms with Crippen molar-refractivity contribution in [3.8, 4) is 0 Å². The molecule has 2 heterocycles. The van der Waals surface area contributed by atoms with E-state index in [0.717, 1.165) is 18.7 Å². The van der Waals surface area contributed by atoms with E-state index in [-0.39, 0.29) is 18.4 Å². The molecule has 1 aliphatic rings. The molecule has 1 atom stereocenters. The van der Waals surface area contributed by atoms with E-state index in [2.05, 4.69) is 13.8 Å². The van der Waals surface area contributed by atoms with Crippen molar-refractivity contribution in [3.05, 3.63) is 24.0 Å². The maximum absolute atomic E-state index is 12.3. The molecule has 1 aliphatic heterocycles. The molecular weight excluding hydrogens is 216 g/mol. The standard InChI is InChI=1S/C13H20N2O2/c1-10(2)15-6-3-4-12(15)13(17)14-7-5-11(8-14)9-16/h3-4,6,10-11,16H,5,7-9H2,1-2H3.